The monoisotopic (exact) mass is 191 g/mol. The van der Waals surface area contributed by atoms with E-state index in [0.29, 0.717) is 23.3 Å². The first kappa shape index (κ1) is 8.74. The predicted molar refractivity (Wildman–Crippen MR) is 51.4 cm³/mol. The molecule has 14 heavy (non-hydrogen) atoms. The standard InChI is InChI=1S/C10H9NO3/c1-2-13-7-3-4-9-8(5-7)10(12)14-6-11-9/h3-6H,2H2,1H3. The van der Waals surface area contributed by atoms with Crippen LogP contribution in [0.2, 0.25) is 0 Å². The van der Waals surface area contributed by atoms with Crippen molar-refractivity contribution in [2.24, 2.45) is 0 Å². The summed E-state index contributed by atoms with van der Waals surface area (Å²) in [5.74, 6) is 0.653. The van der Waals surface area contributed by atoms with E-state index in [1.54, 1.807) is 18.2 Å². The average Bonchev–Trinajstić information content (AvgIpc) is 2.20. The van der Waals surface area contributed by atoms with Gasteiger partial charge >= 0.3 is 5.63 Å². The van der Waals surface area contributed by atoms with E-state index in [1.165, 1.54) is 0 Å². The molecule has 4 nitrogen and oxygen atoms in total. The zero-order chi connectivity index (χ0) is 9.97. The Kier molecular flexibility index (Phi) is 2.18. The molecule has 1 aromatic heterocycles. The van der Waals surface area contributed by atoms with E-state index in [-0.39, 0.29) is 0 Å². The average molecular weight is 191 g/mol. The van der Waals surface area contributed by atoms with Gasteiger partial charge in [0.05, 0.1) is 17.5 Å². The van der Waals surface area contributed by atoms with E-state index in [4.69, 9.17) is 4.74 Å². The van der Waals surface area contributed by atoms with Gasteiger partial charge in [0.1, 0.15) is 5.75 Å². The maximum atomic E-state index is 11.3. The molecule has 2 aromatic rings. The van der Waals surface area contributed by atoms with Crippen LogP contribution in [-0.2, 0) is 0 Å². The molecule has 0 unspecified atom stereocenters. The first-order valence-electron chi connectivity index (χ1n) is 4.31. The summed E-state index contributed by atoms with van der Waals surface area (Å²) in [7, 11) is 0. The van der Waals surface area contributed by atoms with Crippen molar-refractivity contribution in [1.29, 1.82) is 0 Å². The minimum Gasteiger partial charge on any atom is -0.494 e. The molecular weight excluding hydrogens is 182 g/mol. The van der Waals surface area contributed by atoms with Gasteiger partial charge in [-0.15, -0.1) is 0 Å². The smallest absolute Gasteiger partial charge is 0.346 e. The number of nitrogens with zero attached hydrogens (tertiary/aromatic N) is 1. The van der Waals surface area contributed by atoms with Crippen LogP contribution in [0, 0.1) is 0 Å². The van der Waals surface area contributed by atoms with Crippen molar-refractivity contribution in [3.05, 3.63) is 35.0 Å². The molecule has 0 atom stereocenters. The summed E-state index contributed by atoms with van der Waals surface area (Å²) in [5, 5.41) is 0.443. The van der Waals surface area contributed by atoms with E-state index >= 15 is 0 Å². The van der Waals surface area contributed by atoms with E-state index < -0.39 is 5.63 Å². The molecule has 0 saturated carbocycles. The molecule has 4 heteroatoms. The lowest BCUT2D eigenvalue weighted by atomic mass is 10.2. The van der Waals surface area contributed by atoms with Crippen molar-refractivity contribution < 1.29 is 9.15 Å². The van der Waals surface area contributed by atoms with Crippen molar-refractivity contribution in [2.45, 2.75) is 6.92 Å². The molecule has 0 aliphatic heterocycles. The highest BCUT2D eigenvalue weighted by molar-refractivity contribution is 5.78. The topological polar surface area (TPSA) is 52.3 Å². The zero-order valence-corrected chi connectivity index (χ0v) is 7.69. The van der Waals surface area contributed by atoms with Crippen molar-refractivity contribution in [2.75, 3.05) is 6.61 Å². The van der Waals surface area contributed by atoms with E-state index in [1.807, 2.05) is 6.92 Å². The molecule has 1 heterocycles. The van der Waals surface area contributed by atoms with Gasteiger partial charge < -0.3 is 9.15 Å². The molecule has 0 aliphatic carbocycles. The van der Waals surface area contributed by atoms with Crippen LogP contribution in [0.3, 0.4) is 0 Å². The van der Waals surface area contributed by atoms with Crippen LogP contribution in [0.5, 0.6) is 5.75 Å². The SMILES string of the molecule is CCOc1ccc2ncoc(=O)c2c1. The zero-order valence-electron chi connectivity index (χ0n) is 7.69. The summed E-state index contributed by atoms with van der Waals surface area (Å²) in [4.78, 5) is 15.2. The van der Waals surface area contributed by atoms with Gasteiger partial charge in [-0.25, -0.2) is 9.78 Å². The van der Waals surface area contributed by atoms with Crippen molar-refractivity contribution in [1.82, 2.24) is 4.98 Å². The fraction of sp³-hybridized carbons (Fsp3) is 0.200. The Labute approximate surface area is 80.1 Å². The van der Waals surface area contributed by atoms with Gasteiger partial charge in [-0.2, -0.15) is 0 Å². The van der Waals surface area contributed by atoms with E-state index in [9.17, 15) is 4.79 Å². The fourth-order valence-electron chi connectivity index (χ4n) is 1.24. The van der Waals surface area contributed by atoms with Crippen molar-refractivity contribution >= 4 is 10.9 Å². The minimum atomic E-state index is -0.392. The molecule has 72 valence electrons. The summed E-state index contributed by atoms with van der Waals surface area (Å²) in [5.41, 5.74) is 0.223. The lowest BCUT2D eigenvalue weighted by molar-refractivity contribution is 0.340. The van der Waals surface area contributed by atoms with Crippen LogP contribution in [0.25, 0.3) is 10.9 Å². The second kappa shape index (κ2) is 3.49. The fourth-order valence-corrected chi connectivity index (χ4v) is 1.24. The quantitative estimate of drug-likeness (QED) is 0.723. The van der Waals surface area contributed by atoms with Crippen LogP contribution in [0.4, 0.5) is 0 Å². The second-order valence-corrected chi connectivity index (χ2v) is 2.75. The van der Waals surface area contributed by atoms with Gasteiger partial charge in [-0.05, 0) is 25.1 Å². The van der Waals surface area contributed by atoms with Crippen molar-refractivity contribution in [3.8, 4) is 5.75 Å². The van der Waals surface area contributed by atoms with Crippen LogP contribution in [0.15, 0.2) is 33.8 Å². The summed E-state index contributed by atoms with van der Waals surface area (Å²) in [6, 6.07) is 5.15. The highest BCUT2D eigenvalue weighted by Crippen LogP contribution is 2.16. The lowest BCUT2D eigenvalue weighted by Crippen LogP contribution is -2.00. The third kappa shape index (κ3) is 1.46. The Balaban J connectivity index is 2.64. The number of rotatable bonds is 2. The molecule has 0 amide bonds. The van der Waals surface area contributed by atoms with E-state index in [0.717, 1.165) is 6.39 Å². The summed E-state index contributed by atoms with van der Waals surface area (Å²) >= 11 is 0. The van der Waals surface area contributed by atoms with Gasteiger partial charge in [0.15, 0.2) is 6.39 Å². The number of aromatic nitrogens is 1. The van der Waals surface area contributed by atoms with Crippen LogP contribution in [-0.4, -0.2) is 11.6 Å². The van der Waals surface area contributed by atoms with Crippen LogP contribution >= 0.6 is 0 Å². The molecule has 2 rings (SSSR count). The van der Waals surface area contributed by atoms with E-state index in [2.05, 4.69) is 9.40 Å². The molecule has 0 aliphatic rings. The Morgan fingerprint density at radius 2 is 2.36 bits per heavy atom. The third-order valence-corrected chi connectivity index (χ3v) is 1.85. The van der Waals surface area contributed by atoms with Crippen molar-refractivity contribution in [3.63, 3.8) is 0 Å². The molecule has 0 radical (unpaired) electrons. The number of ether oxygens (including phenoxy) is 1. The number of hydrogen-bond donors (Lipinski definition) is 0. The molecule has 0 saturated heterocycles. The maximum Gasteiger partial charge on any atom is 0.346 e. The third-order valence-electron chi connectivity index (χ3n) is 1.85. The Morgan fingerprint density at radius 1 is 1.50 bits per heavy atom. The summed E-state index contributed by atoms with van der Waals surface area (Å²) in [6.45, 7) is 2.45. The number of benzene rings is 1. The maximum absolute atomic E-state index is 11.3. The predicted octanol–water partition coefficient (Wildman–Crippen LogP) is 1.59. The molecule has 0 bridgehead atoms. The van der Waals surface area contributed by atoms with Gasteiger partial charge in [-0.1, -0.05) is 0 Å². The van der Waals surface area contributed by atoms with Gasteiger partial charge in [0.2, 0.25) is 0 Å². The molecule has 0 N–H and O–H groups in total. The van der Waals surface area contributed by atoms with Gasteiger partial charge in [-0.3, -0.25) is 0 Å². The summed E-state index contributed by atoms with van der Waals surface area (Å²) in [6.07, 6.45) is 1.14. The molecular formula is C10H9NO3. The highest BCUT2D eigenvalue weighted by Gasteiger charge is 2.02. The number of hydrogen-bond acceptors (Lipinski definition) is 4. The normalized spacial score (nSPS) is 10.4. The number of fused-ring (bicyclic) bond motifs is 1. The first-order chi connectivity index (χ1) is 6.81. The molecule has 0 spiro atoms. The van der Waals surface area contributed by atoms with Crippen LogP contribution in [0.1, 0.15) is 6.92 Å². The Morgan fingerprint density at radius 3 is 3.14 bits per heavy atom. The second-order valence-electron chi connectivity index (χ2n) is 2.75. The Hall–Kier alpha value is -1.84. The molecule has 1 aromatic carbocycles. The van der Waals surface area contributed by atoms with Gasteiger partial charge in [0.25, 0.3) is 0 Å². The minimum absolute atomic E-state index is 0.392. The lowest BCUT2D eigenvalue weighted by Gasteiger charge is -2.02. The highest BCUT2D eigenvalue weighted by atomic mass is 16.5. The van der Waals surface area contributed by atoms with Gasteiger partial charge in [0, 0.05) is 0 Å². The van der Waals surface area contributed by atoms with Crippen LogP contribution < -0.4 is 10.4 Å². The molecule has 0 fully saturated rings. The largest absolute Gasteiger partial charge is 0.494 e. The Bertz CT molecular complexity index is 504. The summed E-state index contributed by atoms with van der Waals surface area (Å²) < 4.78 is 9.91. The first-order valence-corrected chi connectivity index (χ1v) is 4.31.